The van der Waals surface area contributed by atoms with Gasteiger partial charge in [0.1, 0.15) is 0 Å². The quantitative estimate of drug-likeness (QED) is 0.737. The Morgan fingerprint density at radius 3 is 2.80 bits per heavy atom. The molecule has 1 saturated heterocycles. The number of amides is 1. The Morgan fingerprint density at radius 1 is 1.40 bits per heavy atom. The van der Waals surface area contributed by atoms with Crippen LogP contribution in [0.15, 0.2) is 0 Å². The highest BCUT2D eigenvalue weighted by atomic mass is 16.2. The van der Waals surface area contributed by atoms with Gasteiger partial charge >= 0.3 is 0 Å². The predicted molar refractivity (Wildman–Crippen MR) is 60.6 cm³/mol. The van der Waals surface area contributed by atoms with Crippen molar-refractivity contribution in [2.45, 2.75) is 57.5 Å². The Labute approximate surface area is 92.0 Å². The van der Waals surface area contributed by atoms with Gasteiger partial charge in [0, 0.05) is 6.04 Å². The van der Waals surface area contributed by atoms with Crippen molar-refractivity contribution in [1.29, 1.82) is 0 Å². The predicted octanol–water partition coefficient (Wildman–Crippen LogP) is 1.43. The number of hydrogen-bond acceptors (Lipinski definition) is 2. The molecular formula is C12H22N2O. The largest absolute Gasteiger partial charge is 0.352 e. The van der Waals surface area contributed by atoms with Gasteiger partial charge in [-0.2, -0.15) is 0 Å². The van der Waals surface area contributed by atoms with E-state index >= 15 is 0 Å². The Kier molecular flexibility index (Phi) is 3.62. The van der Waals surface area contributed by atoms with Crippen molar-refractivity contribution in [3.63, 3.8) is 0 Å². The van der Waals surface area contributed by atoms with Crippen molar-refractivity contribution in [2.75, 3.05) is 6.54 Å². The van der Waals surface area contributed by atoms with Crippen LogP contribution in [0.4, 0.5) is 0 Å². The van der Waals surface area contributed by atoms with Gasteiger partial charge < -0.3 is 10.6 Å². The van der Waals surface area contributed by atoms with E-state index in [0.29, 0.717) is 6.04 Å². The van der Waals surface area contributed by atoms with Gasteiger partial charge in [0.2, 0.25) is 5.91 Å². The van der Waals surface area contributed by atoms with Gasteiger partial charge in [0.05, 0.1) is 6.04 Å². The zero-order chi connectivity index (χ0) is 10.7. The fourth-order valence-corrected chi connectivity index (χ4v) is 2.33. The summed E-state index contributed by atoms with van der Waals surface area (Å²) in [5.41, 5.74) is 0. The standard InChI is InChI=1S/C12H22N2O/c1-9(8-10-5-6-10)14-12(15)11-4-2-3-7-13-11/h9-11,13H,2-8H2,1H3,(H,14,15). The van der Waals surface area contributed by atoms with E-state index in [2.05, 4.69) is 17.6 Å². The summed E-state index contributed by atoms with van der Waals surface area (Å²) in [6, 6.07) is 0.425. The Hall–Kier alpha value is -0.570. The van der Waals surface area contributed by atoms with Crippen LogP contribution in [0.5, 0.6) is 0 Å². The molecule has 3 nitrogen and oxygen atoms in total. The van der Waals surface area contributed by atoms with Crippen molar-refractivity contribution in [1.82, 2.24) is 10.6 Å². The van der Waals surface area contributed by atoms with Gasteiger partial charge in [-0.3, -0.25) is 4.79 Å². The summed E-state index contributed by atoms with van der Waals surface area (Å²) >= 11 is 0. The van der Waals surface area contributed by atoms with Crippen LogP contribution in [0.25, 0.3) is 0 Å². The maximum Gasteiger partial charge on any atom is 0.237 e. The lowest BCUT2D eigenvalue weighted by atomic mass is 10.0. The van der Waals surface area contributed by atoms with Crippen molar-refractivity contribution in [2.24, 2.45) is 5.92 Å². The highest BCUT2D eigenvalue weighted by Crippen LogP contribution is 2.33. The van der Waals surface area contributed by atoms with E-state index < -0.39 is 0 Å². The summed E-state index contributed by atoms with van der Waals surface area (Å²) in [7, 11) is 0. The summed E-state index contributed by atoms with van der Waals surface area (Å²) < 4.78 is 0. The summed E-state index contributed by atoms with van der Waals surface area (Å²) in [5, 5.41) is 6.40. The van der Waals surface area contributed by atoms with Gasteiger partial charge in [0.15, 0.2) is 0 Å². The topological polar surface area (TPSA) is 41.1 Å². The summed E-state index contributed by atoms with van der Waals surface area (Å²) in [6.45, 7) is 3.12. The molecule has 0 aromatic carbocycles. The van der Waals surface area contributed by atoms with E-state index in [1.165, 1.54) is 32.1 Å². The van der Waals surface area contributed by atoms with E-state index in [9.17, 15) is 4.79 Å². The molecule has 15 heavy (non-hydrogen) atoms. The van der Waals surface area contributed by atoms with Crippen LogP contribution in [-0.4, -0.2) is 24.5 Å². The Morgan fingerprint density at radius 2 is 2.20 bits per heavy atom. The van der Waals surface area contributed by atoms with Crippen LogP contribution >= 0.6 is 0 Å². The summed E-state index contributed by atoms with van der Waals surface area (Å²) in [4.78, 5) is 11.8. The molecule has 1 aliphatic carbocycles. The van der Waals surface area contributed by atoms with E-state index in [0.717, 1.165) is 18.9 Å². The van der Waals surface area contributed by atoms with Gasteiger partial charge in [-0.25, -0.2) is 0 Å². The molecule has 0 radical (unpaired) electrons. The van der Waals surface area contributed by atoms with Crippen LogP contribution < -0.4 is 10.6 Å². The fourth-order valence-electron chi connectivity index (χ4n) is 2.33. The van der Waals surface area contributed by atoms with Gasteiger partial charge in [-0.1, -0.05) is 19.3 Å². The molecule has 2 aliphatic rings. The maximum atomic E-state index is 11.8. The van der Waals surface area contributed by atoms with Crippen LogP contribution in [0.1, 0.15) is 45.4 Å². The molecule has 1 amide bonds. The number of piperidine rings is 1. The lowest BCUT2D eigenvalue weighted by molar-refractivity contribution is -0.124. The monoisotopic (exact) mass is 210 g/mol. The third-order valence-corrected chi connectivity index (χ3v) is 3.40. The number of hydrogen-bond donors (Lipinski definition) is 2. The van der Waals surface area contributed by atoms with Gasteiger partial charge in [-0.05, 0) is 38.6 Å². The molecule has 2 N–H and O–H groups in total. The average molecular weight is 210 g/mol. The second-order valence-corrected chi connectivity index (χ2v) is 5.09. The van der Waals surface area contributed by atoms with E-state index in [1.54, 1.807) is 0 Å². The molecule has 1 saturated carbocycles. The molecule has 3 heteroatoms. The van der Waals surface area contributed by atoms with Crippen LogP contribution in [0, 0.1) is 5.92 Å². The van der Waals surface area contributed by atoms with Crippen LogP contribution in [0.2, 0.25) is 0 Å². The van der Waals surface area contributed by atoms with Crippen molar-refractivity contribution in [3.05, 3.63) is 0 Å². The first kappa shape index (κ1) is 10.9. The molecule has 0 aromatic rings. The smallest absolute Gasteiger partial charge is 0.237 e. The fraction of sp³-hybridized carbons (Fsp3) is 0.917. The van der Waals surface area contributed by atoms with Gasteiger partial charge in [-0.15, -0.1) is 0 Å². The zero-order valence-electron chi connectivity index (χ0n) is 9.59. The number of nitrogens with one attached hydrogen (secondary N) is 2. The van der Waals surface area contributed by atoms with Crippen LogP contribution in [0.3, 0.4) is 0 Å². The lowest BCUT2D eigenvalue weighted by Crippen LogP contribution is -2.49. The van der Waals surface area contributed by atoms with Crippen molar-refractivity contribution in [3.8, 4) is 0 Å². The zero-order valence-corrected chi connectivity index (χ0v) is 9.59. The number of rotatable bonds is 4. The minimum Gasteiger partial charge on any atom is -0.352 e. The third kappa shape index (κ3) is 3.49. The molecule has 86 valence electrons. The SMILES string of the molecule is CC(CC1CC1)NC(=O)C1CCCCN1. The Bertz CT molecular complexity index is 220. The third-order valence-electron chi connectivity index (χ3n) is 3.40. The molecule has 2 rings (SSSR count). The van der Waals surface area contributed by atoms with Gasteiger partial charge in [0.25, 0.3) is 0 Å². The molecule has 0 spiro atoms. The summed E-state index contributed by atoms with van der Waals surface area (Å²) in [5.74, 6) is 1.10. The number of carbonyl (C=O) groups excluding carboxylic acids is 1. The molecule has 2 fully saturated rings. The first-order valence-electron chi connectivity index (χ1n) is 6.29. The van der Waals surface area contributed by atoms with E-state index in [-0.39, 0.29) is 11.9 Å². The molecule has 0 bridgehead atoms. The molecule has 2 unspecified atom stereocenters. The minimum absolute atomic E-state index is 0.0698. The highest BCUT2D eigenvalue weighted by molar-refractivity contribution is 5.82. The first-order chi connectivity index (χ1) is 7.25. The van der Waals surface area contributed by atoms with E-state index in [4.69, 9.17) is 0 Å². The van der Waals surface area contributed by atoms with E-state index in [1.807, 2.05) is 0 Å². The summed E-state index contributed by atoms with van der Waals surface area (Å²) in [6.07, 6.45) is 7.29. The first-order valence-corrected chi connectivity index (χ1v) is 6.29. The van der Waals surface area contributed by atoms with Crippen molar-refractivity contribution >= 4 is 5.91 Å². The van der Waals surface area contributed by atoms with Crippen molar-refractivity contribution < 1.29 is 4.79 Å². The second kappa shape index (κ2) is 4.97. The Balaban J connectivity index is 1.69. The molecule has 0 aromatic heterocycles. The molecule has 1 aliphatic heterocycles. The highest BCUT2D eigenvalue weighted by Gasteiger charge is 2.26. The minimum atomic E-state index is 0.0698. The average Bonchev–Trinajstić information content (AvgIpc) is 3.03. The van der Waals surface area contributed by atoms with Crippen LogP contribution in [-0.2, 0) is 4.79 Å². The lowest BCUT2D eigenvalue weighted by Gasteiger charge is -2.24. The molecule has 2 atom stereocenters. The maximum absolute atomic E-state index is 11.8. The normalized spacial score (nSPS) is 28.5. The molecule has 1 heterocycles. The molecular weight excluding hydrogens is 188 g/mol. The number of carbonyl (C=O) groups is 1. The second-order valence-electron chi connectivity index (χ2n) is 5.09.